The molecule has 0 aromatic carbocycles. The van der Waals surface area contributed by atoms with Gasteiger partial charge in [-0.25, -0.2) is 0 Å². The van der Waals surface area contributed by atoms with Gasteiger partial charge in [0, 0.05) is 24.3 Å². The molecule has 0 aliphatic heterocycles. The largest absolute Gasteiger partial charge is 0.393 e. The number of rotatable bonds is 2. The zero-order valence-electron chi connectivity index (χ0n) is 17.0. The summed E-state index contributed by atoms with van der Waals surface area (Å²) in [6.07, 6.45) is 10.3. The van der Waals surface area contributed by atoms with Crippen molar-refractivity contribution in [3.63, 3.8) is 0 Å². The number of nitrogens with one attached hydrogen (secondary N) is 1. The van der Waals surface area contributed by atoms with Gasteiger partial charge in [-0.05, 0) is 74.3 Å². The third-order valence-electron chi connectivity index (χ3n) is 8.60. The van der Waals surface area contributed by atoms with Crippen molar-refractivity contribution < 1.29 is 14.7 Å². The van der Waals surface area contributed by atoms with Crippen LogP contribution >= 0.6 is 0 Å². The van der Waals surface area contributed by atoms with E-state index in [4.69, 9.17) is 0 Å². The van der Waals surface area contributed by atoms with Crippen LogP contribution in [0.5, 0.6) is 0 Å². The predicted octanol–water partition coefficient (Wildman–Crippen LogP) is 3.41. The minimum absolute atomic E-state index is 0.0285. The predicted molar refractivity (Wildman–Crippen MR) is 105 cm³/mol. The highest BCUT2D eigenvalue weighted by Gasteiger charge is 2.62. The third kappa shape index (κ3) is 2.74. The van der Waals surface area contributed by atoms with Crippen molar-refractivity contribution in [2.24, 2.45) is 34.5 Å². The van der Waals surface area contributed by atoms with Crippen LogP contribution in [0.2, 0.25) is 0 Å². The second-order valence-electron chi connectivity index (χ2n) is 9.97. The molecule has 4 rings (SSSR count). The van der Waals surface area contributed by atoms with E-state index in [0.29, 0.717) is 17.8 Å². The summed E-state index contributed by atoms with van der Waals surface area (Å²) in [5.41, 5.74) is 1.08. The molecular formula is C23H33NO3. The average molecular weight is 372 g/mol. The molecule has 2 N–H and O–H groups in total. The van der Waals surface area contributed by atoms with E-state index in [1.165, 1.54) is 12.0 Å². The Bertz CT molecular complexity index is 725. The number of carbonyl (C=O) groups is 2. The highest BCUT2D eigenvalue weighted by molar-refractivity contribution is 6.01. The van der Waals surface area contributed by atoms with Crippen molar-refractivity contribution in [1.82, 2.24) is 5.32 Å². The fourth-order valence-electron chi connectivity index (χ4n) is 7.61. The fraction of sp³-hybridized carbons (Fsp3) is 0.739. The molecule has 4 aliphatic rings. The summed E-state index contributed by atoms with van der Waals surface area (Å²) in [6, 6.07) is 0.142. The van der Waals surface area contributed by atoms with Crippen molar-refractivity contribution in [1.29, 1.82) is 0 Å². The van der Waals surface area contributed by atoms with Gasteiger partial charge in [0.2, 0.25) is 5.91 Å². The van der Waals surface area contributed by atoms with Crippen molar-refractivity contribution in [2.75, 3.05) is 0 Å². The Balaban J connectivity index is 1.66. The molecule has 8 atom stereocenters. The lowest BCUT2D eigenvalue weighted by molar-refractivity contribution is -0.125. The Morgan fingerprint density at radius 2 is 2.04 bits per heavy atom. The van der Waals surface area contributed by atoms with Gasteiger partial charge in [-0.3, -0.25) is 9.59 Å². The summed E-state index contributed by atoms with van der Waals surface area (Å²) in [5, 5.41) is 14.4. The summed E-state index contributed by atoms with van der Waals surface area (Å²) < 4.78 is 0. The van der Waals surface area contributed by atoms with E-state index >= 15 is 0 Å². The van der Waals surface area contributed by atoms with Gasteiger partial charge in [0.05, 0.1) is 6.10 Å². The minimum Gasteiger partial charge on any atom is -0.393 e. The van der Waals surface area contributed by atoms with Gasteiger partial charge in [-0.2, -0.15) is 0 Å². The number of fused-ring (bicyclic) bond motifs is 5. The molecule has 27 heavy (non-hydrogen) atoms. The van der Waals surface area contributed by atoms with Crippen LogP contribution in [0.3, 0.4) is 0 Å². The Labute approximate surface area is 162 Å². The molecule has 3 fully saturated rings. The number of hydrogen-bond acceptors (Lipinski definition) is 3. The molecule has 0 bridgehead atoms. The summed E-state index contributed by atoms with van der Waals surface area (Å²) >= 11 is 0. The maximum absolute atomic E-state index is 11.9. The van der Waals surface area contributed by atoms with Crippen molar-refractivity contribution in [3.8, 4) is 0 Å². The second-order valence-corrected chi connectivity index (χ2v) is 9.97. The molecule has 0 aromatic heterocycles. The van der Waals surface area contributed by atoms with Crippen LogP contribution in [-0.4, -0.2) is 28.9 Å². The van der Waals surface area contributed by atoms with Crippen LogP contribution in [0.1, 0.15) is 59.8 Å². The van der Waals surface area contributed by atoms with E-state index in [2.05, 4.69) is 32.2 Å². The number of hydrogen-bond donors (Lipinski definition) is 2. The first-order valence-corrected chi connectivity index (χ1v) is 10.6. The maximum Gasteiger partial charge on any atom is 0.217 e. The fourth-order valence-corrected chi connectivity index (χ4v) is 7.61. The monoisotopic (exact) mass is 371 g/mol. The first-order chi connectivity index (χ1) is 12.7. The third-order valence-corrected chi connectivity index (χ3v) is 8.60. The number of aliphatic hydroxyl groups excluding tert-OH is 1. The number of aliphatic hydroxyl groups is 1. The Hall–Kier alpha value is -1.42. The van der Waals surface area contributed by atoms with Gasteiger partial charge in [0.15, 0.2) is 5.78 Å². The number of carbonyl (C=O) groups excluding carboxylic acids is 2. The molecule has 4 heteroatoms. The molecule has 4 nitrogen and oxygen atoms in total. The van der Waals surface area contributed by atoms with Gasteiger partial charge >= 0.3 is 0 Å². The van der Waals surface area contributed by atoms with Crippen LogP contribution in [-0.2, 0) is 9.59 Å². The van der Waals surface area contributed by atoms with Crippen LogP contribution < -0.4 is 5.32 Å². The molecule has 0 heterocycles. The molecule has 3 saturated carbocycles. The van der Waals surface area contributed by atoms with Crippen LogP contribution in [0, 0.1) is 34.5 Å². The lowest BCUT2D eigenvalue weighted by Gasteiger charge is -2.59. The molecule has 0 radical (unpaired) electrons. The number of allylic oxidation sites excluding steroid dienone is 4. The van der Waals surface area contributed by atoms with E-state index in [1.54, 1.807) is 13.0 Å². The van der Waals surface area contributed by atoms with Crippen LogP contribution in [0.25, 0.3) is 0 Å². The first-order valence-electron chi connectivity index (χ1n) is 10.6. The van der Waals surface area contributed by atoms with Gasteiger partial charge < -0.3 is 10.4 Å². The second kappa shape index (κ2) is 6.30. The maximum atomic E-state index is 11.9. The average Bonchev–Trinajstić information content (AvgIpc) is 2.91. The van der Waals surface area contributed by atoms with Crippen molar-refractivity contribution in [3.05, 3.63) is 23.8 Å². The summed E-state index contributed by atoms with van der Waals surface area (Å²) in [7, 11) is 0. The van der Waals surface area contributed by atoms with Crippen molar-refractivity contribution in [2.45, 2.75) is 71.9 Å². The number of amides is 1. The van der Waals surface area contributed by atoms with Crippen LogP contribution in [0.15, 0.2) is 23.8 Å². The summed E-state index contributed by atoms with van der Waals surface area (Å²) in [5.74, 6) is 1.77. The number of ketones is 1. The van der Waals surface area contributed by atoms with E-state index in [0.717, 1.165) is 25.7 Å². The molecule has 0 aromatic rings. The highest BCUT2D eigenvalue weighted by atomic mass is 16.3. The molecule has 148 valence electrons. The van der Waals surface area contributed by atoms with Gasteiger partial charge in [-0.15, -0.1) is 0 Å². The zero-order chi connectivity index (χ0) is 19.6. The molecule has 0 saturated heterocycles. The van der Waals surface area contributed by atoms with Gasteiger partial charge in [0.25, 0.3) is 0 Å². The van der Waals surface area contributed by atoms with Gasteiger partial charge in [0.1, 0.15) is 0 Å². The first kappa shape index (κ1) is 18.9. The molecule has 4 aliphatic carbocycles. The normalized spacial score (nSPS) is 46.8. The molecule has 1 amide bonds. The summed E-state index contributed by atoms with van der Waals surface area (Å²) in [4.78, 5) is 23.5. The SMILES string of the molecule is CC(=O)NC(C)[C@H]1CC[C@H]2[C@@H]3CCC4=CC(=O)C=C[C@]4(C)[C@H]3C(O)C[C@]12C. The van der Waals surface area contributed by atoms with Gasteiger partial charge in [-0.1, -0.05) is 25.5 Å². The van der Waals surface area contributed by atoms with Crippen molar-refractivity contribution >= 4 is 11.7 Å². The van der Waals surface area contributed by atoms with E-state index in [9.17, 15) is 14.7 Å². The topological polar surface area (TPSA) is 66.4 Å². The lowest BCUT2D eigenvalue weighted by Crippen LogP contribution is -2.57. The highest BCUT2D eigenvalue weighted by Crippen LogP contribution is 2.66. The van der Waals surface area contributed by atoms with E-state index < -0.39 is 0 Å². The lowest BCUT2D eigenvalue weighted by atomic mass is 9.46. The molecular weight excluding hydrogens is 338 g/mol. The zero-order valence-corrected chi connectivity index (χ0v) is 17.0. The Kier molecular flexibility index (Phi) is 4.41. The van der Waals surface area contributed by atoms with Crippen LogP contribution in [0.4, 0.5) is 0 Å². The smallest absolute Gasteiger partial charge is 0.217 e. The molecule has 2 unspecified atom stereocenters. The van der Waals surface area contributed by atoms with E-state index in [1.807, 2.05) is 6.08 Å². The molecule has 0 spiro atoms. The quantitative estimate of drug-likeness (QED) is 0.782. The standard InChI is InChI=1S/C23H33NO3/c1-13(24-14(2)25)18-7-8-19-17-6-5-15-11-16(26)9-10-22(15,3)21(17)20(27)12-23(18,19)4/h9-11,13,17-21,27H,5-8,12H2,1-4H3,(H,24,25)/t13?,17-,18+,19-,20?,21+,22-,23+/m0/s1. The van der Waals surface area contributed by atoms with E-state index in [-0.39, 0.29) is 40.6 Å². The Morgan fingerprint density at radius 1 is 1.30 bits per heavy atom. The Morgan fingerprint density at radius 3 is 2.74 bits per heavy atom. The minimum atomic E-state index is -0.368. The summed E-state index contributed by atoms with van der Waals surface area (Å²) in [6.45, 7) is 8.28.